The average Bonchev–Trinajstić information content (AvgIpc) is 1.95. The molecule has 1 aromatic rings. The maximum Gasteiger partial charge on any atom is 0.124 e. The largest absolute Gasteiger partial charge is 0.207 e. The monoisotopic (exact) mass is 236 g/mol. The fourth-order valence-corrected chi connectivity index (χ4v) is 4.05. The number of rotatable bonds is 1. The molecule has 0 nitrogen and oxygen atoms in total. The molecule has 72 valence electrons. The number of halogens is 3. The van der Waals surface area contributed by atoms with Crippen molar-refractivity contribution in [2.45, 2.75) is 19.6 Å². The standard InChI is InChI=1S/C9H11Cl2FSi/c1-13(2,3)9-7(12)5-4-6(10)8(9)11/h4-5H,1-3H3. The summed E-state index contributed by atoms with van der Waals surface area (Å²) >= 11 is 11.8. The number of benzene rings is 1. The molecule has 0 spiro atoms. The zero-order chi connectivity index (χ0) is 10.2. The van der Waals surface area contributed by atoms with E-state index in [1.807, 2.05) is 19.6 Å². The van der Waals surface area contributed by atoms with Crippen molar-refractivity contribution in [1.29, 1.82) is 0 Å². The van der Waals surface area contributed by atoms with Crippen molar-refractivity contribution in [1.82, 2.24) is 0 Å². The third kappa shape index (κ3) is 2.24. The molecule has 1 aromatic carbocycles. The Labute approximate surface area is 88.7 Å². The van der Waals surface area contributed by atoms with Gasteiger partial charge in [0.05, 0.1) is 18.1 Å². The molecule has 4 heteroatoms. The molecule has 0 heterocycles. The van der Waals surface area contributed by atoms with E-state index in [9.17, 15) is 4.39 Å². The molecule has 0 bridgehead atoms. The molecule has 0 saturated carbocycles. The van der Waals surface area contributed by atoms with Gasteiger partial charge >= 0.3 is 0 Å². The molecule has 0 amide bonds. The van der Waals surface area contributed by atoms with Crippen LogP contribution in [-0.2, 0) is 0 Å². The van der Waals surface area contributed by atoms with Gasteiger partial charge in [0.1, 0.15) is 5.82 Å². The minimum Gasteiger partial charge on any atom is -0.207 e. The highest BCUT2D eigenvalue weighted by molar-refractivity contribution is 6.90. The van der Waals surface area contributed by atoms with Gasteiger partial charge in [-0.2, -0.15) is 0 Å². The fraction of sp³-hybridized carbons (Fsp3) is 0.333. The van der Waals surface area contributed by atoms with Gasteiger partial charge in [-0.3, -0.25) is 0 Å². The highest BCUT2D eigenvalue weighted by Gasteiger charge is 2.25. The highest BCUT2D eigenvalue weighted by atomic mass is 35.5. The van der Waals surface area contributed by atoms with Crippen LogP contribution in [0.3, 0.4) is 0 Å². The quantitative estimate of drug-likeness (QED) is 0.516. The Morgan fingerprint density at radius 2 is 1.69 bits per heavy atom. The van der Waals surface area contributed by atoms with Crippen molar-refractivity contribution in [3.63, 3.8) is 0 Å². The first-order valence-corrected chi connectivity index (χ1v) is 8.23. The van der Waals surface area contributed by atoms with E-state index in [-0.39, 0.29) is 5.82 Å². The van der Waals surface area contributed by atoms with Crippen LogP contribution in [0, 0.1) is 5.82 Å². The Balaban J connectivity index is 3.43. The summed E-state index contributed by atoms with van der Waals surface area (Å²) in [6.07, 6.45) is 0. The normalized spacial score (nSPS) is 11.8. The Hall–Kier alpha value is -0.0531. The molecule has 0 unspecified atom stereocenters. The second kappa shape index (κ2) is 3.60. The van der Waals surface area contributed by atoms with Crippen LogP contribution in [0.15, 0.2) is 12.1 Å². The predicted molar refractivity (Wildman–Crippen MR) is 59.4 cm³/mol. The van der Waals surface area contributed by atoms with Crippen molar-refractivity contribution in [2.75, 3.05) is 0 Å². The smallest absolute Gasteiger partial charge is 0.124 e. The molecule has 0 fully saturated rings. The molecule has 0 atom stereocenters. The van der Waals surface area contributed by atoms with Crippen LogP contribution in [0.1, 0.15) is 0 Å². The summed E-state index contributed by atoms with van der Waals surface area (Å²) in [5.41, 5.74) is 0. The van der Waals surface area contributed by atoms with Gasteiger partial charge in [-0.15, -0.1) is 0 Å². The Morgan fingerprint density at radius 1 is 1.15 bits per heavy atom. The van der Waals surface area contributed by atoms with Gasteiger partial charge < -0.3 is 0 Å². The van der Waals surface area contributed by atoms with Gasteiger partial charge in [0, 0.05) is 0 Å². The van der Waals surface area contributed by atoms with Crippen LogP contribution < -0.4 is 5.19 Å². The van der Waals surface area contributed by atoms with Gasteiger partial charge in [0.25, 0.3) is 0 Å². The van der Waals surface area contributed by atoms with Gasteiger partial charge in [-0.25, -0.2) is 4.39 Å². The summed E-state index contributed by atoms with van der Waals surface area (Å²) in [6, 6.07) is 2.87. The minimum absolute atomic E-state index is 0.242. The summed E-state index contributed by atoms with van der Waals surface area (Å²) in [5, 5.41) is 1.42. The maximum atomic E-state index is 13.4. The van der Waals surface area contributed by atoms with Crippen molar-refractivity contribution >= 4 is 36.5 Å². The van der Waals surface area contributed by atoms with E-state index in [0.717, 1.165) is 0 Å². The highest BCUT2D eigenvalue weighted by Crippen LogP contribution is 2.23. The van der Waals surface area contributed by atoms with E-state index in [0.29, 0.717) is 15.2 Å². The van der Waals surface area contributed by atoms with Gasteiger partial charge in [-0.1, -0.05) is 42.8 Å². The van der Waals surface area contributed by atoms with Gasteiger partial charge in [-0.05, 0) is 17.3 Å². The molecule has 0 aromatic heterocycles. The second-order valence-corrected chi connectivity index (χ2v) is 9.75. The third-order valence-corrected chi connectivity index (χ3v) is 4.75. The molecule has 13 heavy (non-hydrogen) atoms. The Morgan fingerprint density at radius 3 is 2.08 bits per heavy atom. The lowest BCUT2D eigenvalue weighted by atomic mass is 10.3. The molecule has 0 radical (unpaired) electrons. The van der Waals surface area contributed by atoms with E-state index in [1.54, 1.807) is 0 Å². The first-order chi connectivity index (χ1) is 5.84. The van der Waals surface area contributed by atoms with Crippen LogP contribution in [0.5, 0.6) is 0 Å². The van der Waals surface area contributed by atoms with Crippen molar-refractivity contribution in [2.24, 2.45) is 0 Å². The van der Waals surface area contributed by atoms with Crippen LogP contribution in [-0.4, -0.2) is 8.07 Å². The summed E-state index contributed by atoms with van der Waals surface area (Å²) in [6.45, 7) is 6.11. The SMILES string of the molecule is C[Si](C)(C)c1c(F)ccc(Cl)c1Cl. The van der Waals surface area contributed by atoms with Crippen LogP contribution in [0.2, 0.25) is 29.7 Å². The molecule has 0 aliphatic carbocycles. The lowest BCUT2D eigenvalue weighted by Gasteiger charge is -2.19. The molecule has 0 N–H and O–H groups in total. The topological polar surface area (TPSA) is 0 Å². The molecular formula is C9H11Cl2FSi. The van der Waals surface area contributed by atoms with E-state index in [4.69, 9.17) is 23.2 Å². The Kier molecular flexibility index (Phi) is 3.05. The lowest BCUT2D eigenvalue weighted by molar-refractivity contribution is 0.635. The predicted octanol–water partition coefficient (Wildman–Crippen LogP) is 3.68. The van der Waals surface area contributed by atoms with E-state index in [2.05, 4.69) is 0 Å². The molecule has 0 aliphatic heterocycles. The van der Waals surface area contributed by atoms with Crippen LogP contribution in [0.25, 0.3) is 0 Å². The molecule has 0 saturated heterocycles. The van der Waals surface area contributed by atoms with Gasteiger partial charge in [0.15, 0.2) is 0 Å². The minimum atomic E-state index is -1.75. The number of hydrogen-bond donors (Lipinski definition) is 0. The molecule has 0 aliphatic rings. The maximum absolute atomic E-state index is 13.4. The van der Waals surface area contributed by atoms with Crippen LogP contribution >= 0.6 is 23.2 Å². The van der Waals surface area contributed by atoms with Crippen LogP contribution in [0.4, 0.5) is 4.39 Å². The summed E-state index contributed by atoms with van der Waals surface area (Å²) < 4.78 is 13.4. The molecule has 1 rings (SSSR count). The van der Waals surface area contributed by atoms with E-state index < -0.39 is 8.07 Å². The van der Waals surface area contributed by atoms with Crippen molar-refractivity contribution in [3.8, 4) is 0 Å². The zero-order valence-electron chi connectivity index (χ0n) is 7.79. The second-order valence-electron chi connectivity index (χ2n) is 3.97. The van der Waals surface area contributed by atoms with Crippen molar-refractivity contribution in [3.05, 3.63) is 28.0 Å². The summed E-state index contributed by atoms with van der Waals surface area (Å²) in [5.74, 6) is -0.242. The number of hydrogen-bond acceptors (Lipinski definition) is 0. The van der Waals surface area contributed by atoms with Gasteiger partial charge in [0.2, 0.25) is 0 Å². The summed E-state index contributed by atoms with van der Waals surface area (Å²) in [7, 11) is -1.75. The third-order valence-electron chi connectivity index (χ3n) is 1.79. The zero-order valence-corrected chi connectivity index (χ0v) is 10.3. The van der Waals surface area contributed by atoms with E-state index >= 15 is 0 Å². The lowest BCUT2D eigenvalue weighted by Crippen LogP contribution is -2.40. The first-order valence-electron chi connectivity index (χ1n) is 3.98. The first kappa shape index (κ1) is 11.0. The summed E-state index contributed by atoms with van der Waals surface area (Å²) in [4.78, 5) is 0. The molecular weight excluding hydrogens is 226 g/mol. The van der Waals surface area contributed by atoms with E-state index in [1.165, 1.54) is 12.1 Å². The Bertz CT molecular complexity index is 331. The fourth-order valence-electron chi connectivity index (χ4n) is 1.21. The average molecular weight is 237 g/mol. The van der Waals surface area contributed by atoms with Crippen molar-refractivity contribution < 1.29 is 4.39 Å².